The summed E-state index contributed by atoms with van der Waals surface area (Å²) in [6.45, 7) is 3.92. The van der Waals surface area contributed by atoms with Crippen LogP contribution in [-0.2, 0) is 0 Å². The normalized spacial score (nSPS) is 14.2. The fourth-order valence-electron chi connectivity index (χ4n) is 1.08. The van der Waals surface area contributed by atoms with E-state index in [1.807, 2.05) is 13.0 Å². The van der Waals surface area contributed by atoms with Crippen LogP contribution in [0.1, 0.15) is 13.8 Å². The fourth-order valence-corrected chi connectivity index (χ4v) is 1.08. The van der Waals surface area contributed by atoms with E-state index < -0.39 is 5.60 Å². The molecular formula is C11H18N2O3. The van der Waals surface area contributed by atoms with Gasteiger partial charge in [0.05, 0.1) is 13.2 Å². The Morgan fingerprint density at radius 2 is 2.25 bits per heavy atom. The Kier molecular flexibility index (Phi) is 4.52. The maximum absolute atomic E-state index is 9.59. The molecule has 0 spiro atoms. The van der Waals surface area contributed by atoms with E-state index in [0.717, 1.165) is 0 Å². The minimum absolute atomic E-state index is 0.228. The molecule has 0 aliphatic rings. The Balaban J connectivity index is 2.57. The molecule has 1 unspecified atom stereocenters. The number of anilines is 1. The molecule has 0 saturated carbocycles. The molecule has 0 bridgehead atoms. The molecule has 0 fully saturated rings. The molecule has 90 valence electrons. The number of hydrogen-bond donors (Lipinski definition) is 3. The van der Waals surface area contributed by atoms with Crippen molar-refractivity contribution in [2.24, 2.45) is 0 Å². The lowest BCUT2D eigenvalue weighted by Gasteiger charge is -2.20. The Morgan fingerprint density at radius 3 is 2.88 bits per heavy atom. The van der Waals surface area contributed by atoms with Crippen molar-refractivity contribution in [3.63, 3.8) is 0 Å². The van der Waals surface area contributed by atoms with Crippen LogP contribution >= 0.6 is 0 Å². The second-order valence-corrected chi connectivity index (χ2v) is 3.80. The number of aliphatic hydroxyl groups is 2. The SMILES string of the molecule is CCOc1cccc(NCC(C)(O)CO)n1. The third-order valence-electron chi connectivity index (χ3n) is 2.01. The maximum Gasteiger partial charge on any atom is 0.215 e. The van der Waals surface area contributed by atoms with Gasteiger partial charge in [0.15, 0.2) is 0 Å². The standard InChI is InChI=1S/C11H18N2O3/c1-3-16-10-6-4-5-9(13-10)12-7-11(2,15)8-14/h4-6,14-15H,3,7-8H2,1-2H3,(H,12,13). The summed E-state index contributed by atoms with van der Waals surface area (Å²) < 4.78 is 5.24. The lowest BCUT2D eigenvalue weighted by atomic mass is 10.1. The molecular weight excluding hydrogens is 208 g/mol. The van der Waals surface area contributed by atoms with Gasteiger partial charge in [0, 0.05) is 12.6 Å². The average Bonchev–Trinajstić information content (AvgIpc) is 2.28. The van der Waals surface area contributed by atoms with Crippen molar-refractivity contribution in [2.45, 2.75) is 19.4 Å². The Labute approximate surface area is 95.1 Å². The molecule has 0 aliphatic carbocycles. The Morgan fingerprint density at radius 1 is 1.50 bits per heavy atom. The van der Waals surface area contributed by atoms with E-state index in [9.17, 15) is 5.11 Å². The molecule has 0 amide bonds. The van der Waals surface area contributed by atoms with Crippen LogP contribution in [0.2, 0.25) is 0 Å². The van der Waals surface area contributed by atoms with E-state index in [-0.39, 0.29) is 13.2 Å². The first-order valence-electron chi connectivity index (χ1n) is 5.24. The molecule has 5 nitrogen and oxygen atoms in total. The first kappa shape index (κ1) is 12.7. The number of aliphatic hydroxyl groups excluding tert-OH is 1. The molecule has 1 rings (SSSR count). The number of hydrogen-bond acceptors (Lipinski definition) is 5. The van der Waals surface area contributed by atoms with Crippen LogP contribution in [-0.4, -0.2) is 40.6 Å². The number of nitrogens with zero attached hydrogens (tertiary/aromatic N) is 1. The van der Waals surface area contributed by atoms with Gasteiger partial charge in [-0.3, -0.25) is 0 Å². The monoisotopic (exact) mass is 226 g/mol. The highest BCUT2D eigenvalue weighted by Gasteiger charge is 2.18. The molecule has 1 aromatic rings. The predicted octanol–water partition coefficient (Wildman–Crippen LogP) is 0.635. The van der Waals surface area contributed by atoms with E-state index in [1.54, 1.807) is 19.1 Å². The number of rotatable bonds is 6. The van der Waals surface area contributed by atoms with Gasteiger partial charge >= 0.3 is 0 Å². The first-order valence-corrected chi connectivity index (χ1v) is 5.24. The van der Waals surface area contributed by atoms with Crippen LogP contribution in [0.5, 0.6) is 5.88 Å². The largest absolute Gasteiger partial charge is 0.478 e. The lowest BCUT2D eigenvalue weighted by Crippen LogP contribution is -2.37. The van der Waals surface area contributed by atoms with E-state index >= 15 is 0 Å². The number of ether oxygens (including phenoxy) is 1. The van der Waals surface area contributed by atoms with Crippen LogP contribution in [0.3, 0.4) is 0 Å². The van der Waals surface area contributed by atoms with Gasteiger partial charge in [-0.15, -0.1) is 0 Å². The summed E-state index contributed by atoms with van der Waals surface area (Å²) in [4.78, 5) is 4.17. The Hall–Kier alpha value is -1.33. The van der Waals surface area contributed by atoms with Crippen molar-refractivity contribution in [1.82, 2.24) is 4.98 Å². The highest BCUT2D eigenvalue weighted by Crippen LogP contribution is 2.12. The van der Waals surface area contributed by atoms with Crippen molar-refractivity contribution >= 4 is 5.82 Å². The quantitative estimate of drug-likeness (QED) is 0.663. The summed E-state index contributed by atoms with van der Waals surface area (Å²) in [5.74, 6) is 1.15. The third kappa shape index (κ3) is 4.04. The highest BCUT2D eigenvalue weighted by atomic mass is 16.5. The number of pyridine rings is 1. The summed E-state index contributed by atoms with van der Waals surface area (Å²) in [7, 11) is 0. The molecule has 1 atom stereocenters. The molecule has 16 heavy (non-hydrogen) atoms. The molecule has 1 aromatic heterocycles. The van der Waals surface area contributed by atoms with Gasteiger partial charge in [0.1, 0.15) is 11.4 Å². The van der Waals surface area contributed by atoms with E-state index in [0.29, 0.717) is 18.3 Å². The van der Waals surface area contributed by atoms with Crippen molar-refractivity contribution in [1.29, 1.82) is 0 Å². The van der Waals surface area contributed by atoms with Crippen LogP contribution in [0, 0.1) is 0 Å². The average molecular weight is 226 g/mol. The second-order valence-electron chi connectivity index (χ2n) is 3.80. The zero-order chi connectivity index (χ0) is 12.0. The van der Waals surface area contributed by atoms with Gasteiger partial charge in [-0.1, -0.05) is 6.07 Å². The molecule has 0 aromatic carbocycles. The Bertz CT molecular complexity index is 329. The topological polar surface area (TPSA) is 74.6 Å². The molecule has 3 N–H and O–H groups in total. The number of aromatic nitrogens is 1. The van der Waals surface area contributed by atoms with Gasteiger partial charge in [-0.05, 0) is 19.9 Å². The zero-order valence-electron chi connectivity index (χ0n) is 9.60. The summed E-state index contributed by atoms with van der Waals surface area (Å²) in [6.07, 6.45) is 0. The zero-order valence-corrected chi connectivity index (χ0v) is 9.60. The third-order valence-corrected chi connectivity index (χ3v) is 2.01. The molecule has 1 heterocycles. The van der Waals surface area contributed by atoms with Crippen LogP contribution in [0.15, 0.2) is 18.2 Å². The second kappa shape index (κ2) is 5.67. The van der Waals surface area contributed by atoms with Crippen molar-refractivity contribution < 1.29 is 14.9 Å². The smallest absolute Gasteiger partial charge is 0.215 e. The van der Waals surface area contributed by atoms with Crippen molar-refractivity contribution in [2.75, 3.05) is 25.1 Å². The van der Waals surface area contributed by atoms with Gasteiger partial charge in [-0.2, -0.15) is 4.98 Å². The van der Waals surface area contributed by atoms with E-state index in [1.165, 1.54) is 0 Å². The number of nitrogens with one attached hydrogen (secondary N) is 1. The fraction of sp³-hybridized carbons (Fsp3) is 0.545. The minimum atomic E-state index is -1.15. The molecule has 0 radical (unpaired) electrons. The maximum atomic E-state index is 9.59. The molecule has 0 aliphatic heterocycles. The van der Waals surface area contributed by atoms with Crippen LogP contribution in [0.4, 0.5) is 5.82 Å². The molecule has 0 saturated heterocycles. The van der Waals surface area contributed by atoms with Crippen molar-refractivity contribution in [3.05, 3.63) is 18.2 Å². The van der Waals surface area contributed by atoms with Gasteiger partial charge in [0.2, 0.25) is 5.88 Å². The minimum Gasteiger partial charge on any atom is -0.478 e. The van der Waals surface area contributed by atoms with Gasteiger partial charge in [-0.25, -0.2) is 0 Å². The van der Waals surface area contributed by atoms with Crippen LogP contribution in [0.25, 0.3) is 0 Å². The van der Waals surface area contributed by atoms with Crippen LogP contribution < -0.4 is 10.1 Å². The van der Waals surface area contributed by atoms with E-state index in [4.69, 9.17) is 9.84 Å². The summed E-state index contributed by atoms with van der Waals surface area (Å²) >= 11 is 0. The van der Waals surface area contributed by atoms with E-state index in [2.05, 4.69) is 10.3 Å². The lowest BCUT2D eigenvalue weighted by molar-refractivity contribution is 0.0131. The summed E-state index contributed by atoms with van der Waals surface area (Å²) in [5.41, 5.74) is -1.15. The summed E-state index contributed by atoms with van der Waals surface area (Å²) in [6, 6.07) is 5.35. The van der Waals surface area contributed by atoms with Gasteiger partial charge < -0.3 is 20.3 Å². The van der Waals surface area contributed by atoms with Crippen molar-refractivity contribution in [3.8, 4) is 5.88 Å². The first-order chi connectivity index (χ1) is 7.57. The highest BCUT2D eigenvalue weighted by molar-refractivity contribution is 5.37. The summed E-state index contributed by atoms with van der Waals surface area (Å²) in [5, 5.41) is 21.4. The van der Waals surface area contributed by atoms with Gasteiger partial charge in [0.25, 0.3) is 0 Å². The predicted molar refractivity (Wildman–Crippen MR) is 61.6 cm³/mol. The molecule has 5 heteroatoms.